The molecule has 0 aliphatic rings. The summed E-state index contributed by atoms with van der Waals surface area (Å²) in [4.78, 5) is 11.0. The fourth-order valence-electron chi connectivity index (χ4n) is 1.27. The molecule has 0 spiro atoms. The van der Waals surface area contributed by atoms with E-state index in [0.29, 0.717) is 0 Å². The van der Waals surface area contributed by atoms with Gasteiger partial charge in [0.25, 0.3) is 0 Å². The molecular weight excluding hydrogens is 316 g/mol. The summed E-state index contributed by atoms with van der Waals surface area (Å²) in [6.45, 7) is 1.87. The minimum Gasteiger partial charge on any atom is -0.465 e. The lowest BCUT2D eigenvalue weighted by molar-refractivity contribution is -0.142. The molecule has 0 aromatic heterocycles. The Morgan fingerprint density at radius 1 is 1.30 bits per heavy atom. The maximum absolute atomic E-state index is 12.5. The topological polar surface area (TPSA) is 26.3 Å². The SMILES string of the molecule is CCOC(=O)CC#Cc1c(Cl)cc(C(F)(F)F)cc1Cl. The molecule has 0 bridgehead atoms. The van der Waals surface area contributed by atoms with Crippen LogP contribution in [0.15, 0.2) is 12.1 Å². The largest absolute Gasteiger partial charge is 0.465 e. The standard InChI is InChI=1S/C13H9Cl2F3O2/c1-2-20-12(19)5-3-4-9-10(14)6-8(7-11(9)15)13(16,17)18/h6-7H,2,5H2,1H3. The van der Waals surface area contributed by atoms with Crippen LogP contribution < -0.4 is 0 Å². The Balaban J connectivity index is 2.99. The summed E-state index contributed by atoms with van der Waals surface area (Å²) in [5.74, 6) is 4.39. The van der Waals surface area contributed by atoms with Crippen molar-refractivity contribution in [3.63, 3.8) is 0 Å². The summed E-state index contributed by atoms with van der Waals surface area (Å²) in [6.07, 6.45) is -4.73. The summed E-state index contributed by atoms with van der Waals surface area (Å²) >= 11 is 11.4. The second kappa shape index (κ2) is 6.87. The number of halogens is 5. The van der Waals surface area contributed by atoms with Gasteiger partial charge < -0.3 is 4.74 Å². The van der Waals surface area contributed by atoms with Crippen LogP contribution in [0.25, 0.3) is 0 Å². The first-order valence-electron chi connectivity index (χ1n) is 5.46. The Morgan fingerprint density at radius 2 is 1.85 bits per heavy atom. The van der Waals surface area contributed by atoms with Crippen LogP contribution in [0.5, 0.6) is 0 Å². The predicted octanol–water partition coefficient (Wildman–Crippen LogP) is 4.32. The van der Waals surface area contributed by atoms with E-state index in [0.717, 1.165) is 12.1 Å². The van der Waals surface area contributed by atoms with Crippen molar-refractivity contribution in [3.8, 4) is 11.8 Å². The van der Waals surface area contributed by atoms with E-state index in [2.05, 4.69) is 16.6 Å². The van der Waals surface area contributed by atoms with Crippen LogP contribution in [0.4, 0.5) is 13.2 Å². The van der Waals surface area contributed by atoms with Crippen LogP contribution in [-0.4, -0.2) is 12.6 Å². The number of ether oxygens (including phenoxy) is 1. The predicted molar refractivity (Wildman–Crippen MR) is 69.6 cm³/mol. The van der Waals surface area contributed by atoms with Crippen molar-refractivity contribution in [2.24, 2.45) is 0 Å². The fourth-order valence-corrected chi connectivity index (χ4v) is 1.85. The van der Waals surface area contributed by atoms with Crippen molar-refractivity contribution in [2.45, 2.75) is 19.5 Å². The first-order chi connectivity index (χ1) is 9.25. The molecule has 0 aliphatic heterocycles. The second-order valence-corrected chi connectivity index (χ2v) is 4.41. The zero-order valence-electron chi connectivity index (χ0n) is 10.3. The van der Waals surface area contributed by atoms with Gasteiger partial charge in [-0.15, -0.1) is 0 Å². The van der Waals surface area contributed by atoms with Gasteiger partial charge in [-0.1, -0.05) is 35.0 Å². The molecule has 0 saturated heterocycles. The average Bonchev–Trinajstić information content (AvgIpc) is 2.31. The van der Waals surface area contributed by atoms with Gasteiger partial charge in [-0.2, -0.15) is 13.2 Å². The summed E-state index contributed by atoms with van der Waals surface area (Å²) < 4.78 is 42.2. The molecule has 7 heteroatoms. The quantitative estimate of drug-likeness (QED) is 0.598. The summed E-state index contributed by atoms with van der Waals surface area (Å²) in [5, 5.41) is -0.442. The summed E-state index contributed by atoms with van der Waals surface area (Å²) in [5.41, 5.74) is -0.908. The molecule has 2 nitrogen and oxygen atoms in total. The zero-order valence-corrected chi connectivity index (χ0v) is 11.8. The van der Waals surface area contributed by atoms with Crippen molar-refractivity contribution in [1.82, 2.24) is 0 Å². The monoisotopic (exact) mass is 324 g/mol. The normalized spacial score (nSPS) is 10.7. The number of esters is 1. The number of hydrogen-bond donors (Lipinski definition) is 0. The molecular formula is C13H9Cl2F3O2. The Kier molecular flexibility index (Phi) is 5.73. The zero-order chi connectivity index (χ0) is 15.3. The third-order valence-corrected chi connectivity index (χ3v) is 2.72. The molecule has 0 saturated carbocycles. The van der Waals surface area contributed by atoms with Gasteiger partial charge in [0.05, 0.1) is 27.8 Å². The van der Waals surface area contributed by atoms with Crippen molar-refractivity contribution >= 4 is 29.2 Å². The van der Waals surface area contributed by atoms with Crippen LogP contribution in [0.1, 0.15) is 24.5 Å². The average molecular weight is 325 g/mol. The minimum atomic E-state index is -4.54. The minimum absolute atomic E-state index is 0.0469. The molecule has 0 unspecified atom stereocenters. The van der Waals surface area contributed by atoms with E-state index in [1.807, 2.05) is 0 Å². The molecule has 0 aliphatic carbocycles. The van der Waals surface area contributed by atoms with Gasteiger partial charge in [-0.25, -0.2) is 0 Å². The van der Waals surface area contributed by atoms with Gasteiger partial charge in [0.15, 0.2) is 0 Å². The van der Waals surface area contributed by atoms with E-state index in [4.69, 9.17) is 23.2 Å². The third-order valence-electron chi connectivity index (χ3n) is 2.12. The lowest BCUT2D eigenvalue weighted by Crippen LogP contribution is -2.05. The van der Waals surface area contributed by atoms with Gasteiger partial charge >= 0.3 is 12.1 Å². The Morgan fingerprint density at radius 3 is 2.30 bits per heavy atom. The van der Waals surface area contributed by atoms with E-state index in [1.165, 1.54) is 0 Å². The highest BCUT2D eigenvalue weighted by atomic mass is 35.5. The number of hydrogen-bond acceptors (Lipinski definition) is 2. The highest BCUT2D eigenvalue weighted by Crippen LogP contribution is 2.35. The number of alkyl halides is 3. The van der Waals surface area contributed by atoms with Crippen LogP contribution in [0.3, 0.4) is 0 Å². The molecule has 0 heterocycles. The molecule has 1 rings (SSSR count). The van der Waals surface area contributed by atoms with Gasteiger partial charge in [-0.3, -0.25) is 4.79 Å². The third kappa shape index (κ3) is 4.62. The van der Waals surface area contributed by atoms with Crippen molar-refractivity contribution in [2.75, 3.05) is 6.61 Å². The van der Waals surface area contributed by atoms with Gasteiger partial charge in [0.1, 0.15) is 6.42 Å². The maximum atomic E-state index is 12.5. The van der Waals surface area contributed by atoms with Crippen LogP contribution >= 0.6 is 23.2 Å². The van der Waals surface area contributed by atoms with Crippen LogP contribution in [0, 0.1) is 11.8 Å². The first kappa shape index (κ1) is 16.7. The van der Waals surface area contributed by atoms with Gasteiger partial charge in [0.2, 0.25) is 0 Å². The Hall–Kier alpha value is -1.38. The number of carbonyl (C=O) groups is 1. The molecule has 0 amide bonds. The number of benzene rings is 1. The van der Waals surface area contributed by atoms with Gasteiger partial charge in [0, 0.05) is 0 Å². The van der Waals surface area contributed by atoms with Gasteiger partial charge in [-0.05, 0) is 19.1 Å². The van der Waals surface area contributed by atoms with Crippen molar-refractivity contribution < 1.29 is 22.7 Å². The summed E-state index contributed by atoms with van der Waals surface area (Å²) in [7, 11) is 0. The number of carbonyl (C=O) groups excluding carboxylic acids is 1. The molecule has 0 fully saturated rings. The van der Waals surface area contributed by atoms with E-state index in [9.17, 15) is 18.0 Å². The lowest BCUT2D eigenvalue weighted by Gasteiger charge is -2.09. The smallest absolute Gasteiger partial charge is 0.416 e. The molecule has 20 heavy (non-hydrogen) atoms. The molecule has 0 radical (unpaired) electrons. The molecule has 108 valence electrons. The molecule has 1 aromatic rings. The van der Waals surface area contributed by atoms with Crippen LogP contribution in [-0.2, 0) is 15.7 Å². The molecule has 0 atom stereocenters. The fraction of sp³-hybridized carbons (Fsp3) is 0.308. The molecule has 0 N–H and O–H groups in total. The van der Waals surface area contributed by atoms with Crippen molar-refractivity contribution in [1.29, 1.82) is 0 Å². The van der Waals surface area contributed by atoms with E-state index < -0.39 is 17.7 Å². The van der Waals surface area contributed by atoms with Crippen LogP contribution in [0.2, 0.25) is 10.0 Å². The lowest BCUT2D eigenvalue weighted by atomic mass is 10.1. The van der Waals surface area contributed by atoms with E-state index in [-0.39, 0.29) is 28.6 Å². The van der Waals surface area contributed by atoms with Crippen molar-refractivity contribution in [3.05, 3.63) is 33.3 Å². The summed E-state index contributed by atoms with van der Waals surface area (Å²) in [6, 6.07) is 1.48. The molecule has 1 aromatic carbocycles. The highest BCUT2D eigenvalue weighted by Gasteiger charge is 2.31. The van der Waals surface area contributed by atoms with E-state index >= 15 is 0 Å². The second-order valence-electron chi connectivity index (χ2n) is 3.60. The Labute approximate surface area is 123 Å². The number of rotatable bonds is 2. The maximum Gasteiger partial charge on any atom is 0.416 e. The van der Waals surface area contributed by atoms with E-state index in [1.54, 1.807) is 6.92 Å². The highest BCUT2D eigenvalue weighted by molar-refractivity contribution is 6.36. The Bertz CT molecular complexity index is 548. The first-order valence-corrected chi connectivity index (χ1v) is 6.22.